The third-order valence-corrected chi connectivity index (χ3v) is 2.73. The van der Waals surface area contributed by atoms with Crippen molar-refractivity contribution in [1.29, 1.82) is 0 Å². The average Bonchev–Trinajstić information content (AvgIpc) is 2.18. The van der Waals surface area contributed by atoms with Gasteiger partial charge in [-0.3, -0.25) is 4.79 Å². The van der Waals surface area contributed by atoms with Crippen LogP contribution in [0, 0.1) is 0 Å². The van der Waals surface area contributed by atoms with Crippen LogP contribution in [0.5, 0.6) is 0 Å². The minimum absolute atomic E-state index is 0.0309. The Morgan fingerprint density at radius 1 is 1.33 bits per heavy atom. The Morgan fingerprint density at radius 2 is 2.07 bits per heavy atom. The molecular formula is C12H16N2O. The van der Waals surface area contributed by atoms with Crippen molar-refractivity contribution in [3.8, 4) is 0 Å². The first-order valence-electron chi connectivity index (χ1n) is 5.30. The predicted octanol–water partition coefficient (Wildman–Crippen LogP) is 2.56. The molecule has 0 fully saturated rings. The van der Waals surface area contributed by atoms with Gasteiger partial charge in [0.15, 0.2) is 0 Å². The Bertz CT molecular complexity index is 399. The van der Waals surface area contributed by atoms with Crippen molar-refractivity contribution < 1.29 is 4.79 Å². The summed E-state index contributed by atoms with van der Waals surface area (Å²) in [5, 5.41) is 6.15. The normalized spacial score (nSPS) is 19.5. The number of hydrogen-bond acceptors (Lipinski definition) is 2. The maximum Gasteiger partial charge on any atom is 0.246 e. The summed E-state index contributed by atoms with van der Waals surface area (Å²) in [6, 6.07) is 5.85. The second-order valence-corrected chi connectivity index (χ2v) is 4.28. The molecule has 0 spiro atoms. The molecule has 1 aliphatic heterocycles. The van der Waals surface area contributed by atoms with E-state index in [1.165, 1.54) is 5.56 Å². The lowest BCUT2D eigenvalue weighted by molar-refractivity contribution is -0.116. The molecular weight excluding hydrogens is 188 g/mol. The molecule has 1 unspecified atom stereocenters. The van der Waals surface area contributed by atoms with E-state index in [0.717, 1.165) is 11.4 Å². The van der Waals surface area contributed by atoms with Crippen LogP contribution < -0.4 is 10.6 Å². The van der Waals surface area contributed by atoms with Crippen LogP contribution in [0.1, 0.15) is 32.3 Å². The van der Waals surface area contributed by atoms with Gasteiger partial charge in [0, 0.05) is 0 Å². The molecule has 2 rings (SSSR count). The molecule has 2 N–H and O–H groups in total. The van der Waals surface area contributed by atoms with E-state index in [4.69, 9.17) is 0 Å². The third-order valence-electron chi connectivity index (χ3n) is 2.73. The van der Waals surface area contributed by atoms with E-state index < -0.39 is 0 Å². The van der Waals surface area contributed by atoms with Gasteiger partial charge in [-0.15, -0.1) is 0 Å². The van der Waals surface area contributed by atoms with Crippen molar-refractivity contribution in [3.05, 3.63) is 23.8 Å². The molecule has 3 nitrogen and oxygen atoms in total. The number of anilines is 2. The van der Waals surface area contributed by atoms with Gasteiger partial charge in [-0.25, -0.2) is 0 Å². The number of amides is 1. The number of hydrogen-bond donors (Lipinski definition) is 2. The maximum atomic E-state index is 11.5. The van der Waals surface area contributed by atoms with Gasteiger partial charge in [-0.1, -0.05) is 26.0 Å². The molecule has 0 radical (unpaired) electrons. The van der Waals surface area contributed by atoms with E-state index >= 15 is 0 Å². The van der Waals surface area contributed by atoms with Gasteiger partial charge in [-0.2, -0.15) is 0 Å². The second kappa shape index (κ2) is 3.57. The van der Waals surface area contributed by atoms with Crippen LogP contribution in [0.4, 0.5) is 11.4 Å². The molecule has 0 aliphatic carbocycles. The SMILES string of the molecule is CC1Nc2c(cccc2C(C)C)NC1=O. The zero-order valence-corrected chi connectivity index (χ0v) is 9.29. The summed E-state index contributed by atoms with van der Waals surface area (Å²) in [5.41, 5.74) is 3.21. The minimum Gasteiger partial charge on any atom is -0.372 e. The largest absolute Gasteiger partial charge is 0.372 e. The number of fused-ring (bicyclic) bond motifs is 1. The van der Waals surface area contributed by atoms with E-state index in [1.54, 1.807) is 0 Å². The molecule has 1 aliphatic rings. The molecule has 1 aromatic rings. The lowest BCUT2D eigenvalue weighted by Crippen LogP contribution is -2.36. The van der Waals surface area contributed by atoms with Gasteiger partial charge in [0.25, 0.3) is 0 Å². The van der Waals surface area contributed by atoms with Crippen LogP contribution in [0.15, 0.2) is 18.2 Å². The van der Waals surface area contributed by atoms with E-state index in [2.05, 4.69) is 30.5 Å². The maximum absolute atomic E-state index is 11.5. The molecule has 0 saturated heterocycles. The summed E-state index contributed by atoms with van der Waals surface area (Å²) in [4.78, 5) is 11.5. The summed E-state index contributed by atoms with van der Waals surface area (Å²) in [7, 11) is 0. The van der Waals surface area contributed by atoms with Crippen molar-refractivity contribution in [2.75, 3.05) is 10.6 Å². The number of carbonyl (C=O) groups is 1. The smallest absolute Gasteiger partial charge is 0.246 e. The van der Waals surface area contributed by atoms with Gasteiger partial charge in [0.05, 0.1) is 11.4 Å². The third kappa shape index (κ3) is 1.69. The number of para-hydroxylation sites is 1. The molecule has 1 aromatic carbocycles. The monoisotopic (exact) mass is 204 g/mol. The average molecular weight is 204 g/mol. The van der Waals surface area contributed by atoms with Crippen LogP contribution >= 0.6 is 0 Å². The summed E-state index contributed by atoms with van der Waals surface area (Å²) in [6.45, 7) is 6.17. The summed E-state index contributed by atoms with van der Waals surface area (Å²) >= 11 is 0. The fourth-order valence-electron chi connectivity index (χ4n) is 1.84. The van der Waals surface area contributed by atoms with Gasteiger partial charge >= 0.3 is 0 Å². The van der Waals surface area contributed by atoms with Crippen molar-refractivity contribution in [2.24, 2.45) is 0 Å². The van der Waals surface area contributed by atoms with Crippen molar-refractivity contribution in [1.82, 2.24) is 0 Å². The number of carbonyl (C=O) groups excluding carboxylic acids is 1. The predicted molar refractivity (Wildman–Crippen MR) is 62.2 cm³/mol. The Hall–Kier alpha value is -1.51. The molecule has 15 heavy (non-hydrogen) atoms. The summed E-state index contributed by atoms with van der Waals surface area (Å²) in [5.74, 6) is 0.484. The van der Waals surface area contributed by atoms with E-state index in [1.807, 2.05) is 19.1 Å². The molecule has 1 atom stereocenters. The summed E-state index contributed by atoms with van der Waals surface area (Å²) in [6.07, 6.45) is 0. The molecule has 1 heterocycles. The van der Waals surface area contributed by atoms with Gasteiger partial charge in [0.2, 0.25) is 5.91 Å². The minimum atomic E-state index is -0.155. The molecule has 3 heteroatoms. The fourth-order valence-corrected chi connectivity index (χ4v) is 1.84. The highest BCUT2D eigenvalue weighted by atomic mass is 16.2. The first-order chi connectivity index (χ1) is 7.09. The first-order valence-corrected chi connectivity index (χ1v) is 5.30. The number of benzene rings is 1. The van der Waals surface area contributed by atoms with Gasteiger partial charge < -0.3 is 10.6 Å². The van der Waals surface area contributed by atoms with Gasteiger partial charge in [-0.05, 0) is 24.5 Å². The van der Waals surface area contributed by atoms with Crippen molar-refractivity contribution in [3.63, 3.8) is 0 Å². The van der Waals surface area contributed by atoms with Crippen LogP contribution in [-0.2, 0) is 4.79 Å². The van der Waals surface area contributed by atoms with Crippen LogP contribution in [-0.4, -0.2) is 11.9 Å². The van der Waals surface area contributed by atoms with Crippen molar-refractivity contribution in [2.45, 2.75) is 32.7 Å². The van der Waals surface area contributed by atoms with E-state index in [0.29, 0.717) is 5.92 Å². The van der Waals surface area contributed by atoms with E-state index in [9.17, 15) is 4.79 Å². The molecule has 0 bridgehead atoms. The van der Waals surface area contributed by atoms with Crippen LogP contribution in [0.25, 0.3) is 0 Å². The standard InChI is InChI=1S/C12H16N2O/c1-7(2)9-5-4-6-10-11(9)13-8(3)12(15)14-10/h4-8,13H,1-3H3,(H,14,15). The summed E-state index contributed by atoms with van der Waals surface area (Å²) < 4.78 is 0. The first kappa shape index (κ1) is 10.0. The highest BCUT2D eigenvalue weighted by molar-refractivity contribution is 6.03. The van der Waals surface area contributed by atoms with Crippen LogP contribution in [0.3, 0.4) is 0 Å². The number of nitrogens with one attached hydrogen (secondary N) is 2. The molecule has 1 amide bonds. The highest BCUT2D eigenvalue weighted by Gasteiger charge is 2.23. The molecule has 0 saturated carbocycles. The lowest BCUT2D eigenvalue weighted by atomic mass is 9.98. The molecule has 80 valence electrons. The van der Waals surface area contributed by atoms with Crippen molar-refractivity contribution >= 4 is 17.3 Å². The zero-order valence-electron chi connectivity index (χ0n) is 9.29. The van der Waals surface area contributed by atoms with E-state index in [-0.39, 0.29) is 11.9 Å². The Labute approximate surface area is 89.9 Å². The quantitative estimate of drug-likeness (QED) is 0.738. The second-order valence-electron chi connectivity index (χ2n) is 4.28. The molecule has 0 aromatic heterocycles. The fraction of sp³-hybridized carbons (Fsp3) is 0.417. The van der Waals surface area contributed by atoms with Crippen LogP contribution in [0.2, 0.25) is 0 Å². The Morgan fingerprint density at radius 3 is 2.73 bits per heavy atom. The topological polar surface area (TPSA) is 41.1 Å². The number of rotatable bonds is 1. The Kier molecular flexibility index (Phi) is 2.39. The van der Waals surface area contributed by atoms with Gasteiger partial charge in [0.1, 0.15) is 6.04 Å². The Balaban J connectivity index is 2.48. The zero-order chi connectivity index (χ0) is 11.0. The lowest BCUT2D eigenvalue weighted by Gasteiger charge is -2.27. The highest BCUT2D eigenvalue weighted by Crippen LogP contribution is 2.34.